The van der Waals surface area contributed by atoms with Gasteiger partial charge in [0.2, 0.25) is 0 Å². The van der Waals surface area contributed by atoms with Crippen molar-refractivity contribution >= 4 is 23.8 Å². The van der Waals surface area contributed by atoms with Crippen LogP contribution in [0, 0.1) is 0 Å². The van der Waals surface area contributed by atoms with Gasteiger partial charge in [0, 0.05) is 31.6 Å². The molecule has 1 unspecified atom stereocenters. The number of carbonyl (C=O) groups is 2. The zero-order chi connectivity index (χ0) is 14.4. The molecule has 1 rings (SSSR count). The number of nitrogens with zero attached hydrogens (tertiary/aromatic N) is 2. The van der Waals surface area contributed by atoms with Gasteiger partial charge >= 0.3 is 12.0 Å². The highest BCUT2D eigenvalue weighted by Gasteiger charge is 2.33. The topological polar surface area (TPSA) is 70.1 Å². The molecule has 1 saturated heterocycles. The lowest BCUT2D eigenvalue weighted by Crippen LogP contribution is -2.54. The maximum Gasteiger partial charge on any atom is 0.327 e. The Morgan fingerprint density at radius 3 is 2.79 bits per heavy atom. The monoisotopic (exact) mass is 290 g/mol. The first-order valence-corrected chi connectivity index (χ1v) is 7.52. The zero-order valence-electron chi connectivity index (χ0n) is 11.7. The van der Waals surface area contributed by atoms with Crippen molar-refractivity contribution in [2.24, 2.45) is 0 Å². The van der Waals surface area contributed by atoms with Crippen LogP contribution in [-0.2, 0) is 9.53 Å². The first-order valence-electron chi connectivity index (χ1n) is 6.37. The van der Waals surface area contributed by atoms with E-state index < -0.39 is 12.0 Å². The van der Waals surface area contributed by atoms with Crippen LogP contribution in [0.1, 0.15) is 13.8 Å². The summed E-state index contributed by atoms with van der Waals surface area (Å²) in [7, 11) is 1.67. The molecule has 6 nitrogen and oxygen atoms in total. The molecule has 0 bridgehead atoms. The van der Waals surface area contributed by atoms with Crippen molar-refractivity contribution in [2.45, 2.75) is 26.0 Å². The number of aliphatic carboxylic acids is 1. The van der Waals surface area contributed by atoms with Gasteiger partial charge in [-0.2, -0.15) is 11.8 Å². The fraction of sp³-hybridized carbons (Fsp3) is 0.833. The summed E-state index contributed by atoms with van der Waals surface area (Å²) in [4.78, 5) is 26.3. The summed E-state index contributed by atoms with van der Waals surface area (Å²) in [5.41, 5.74) is 0. The Morgan fingerprint density at radius 1 is 1.53 bits per heavy atom. The molecular formula is C12H22N2O4S. The quantitative estimate of drug-likeness (QED) is 0.817. The van der Waals surface area contributed by atoms with Gasteiger partial charge in [0.05, 0.1) is 12.7 Å². The maximum absolute atomic E-state index is 12.2. The second-order valence-electron chi connectivity index (χ2n) is 4.75. The third kappa shape index (κ3) is 4.91. The van der Waals surface area contributed by atoms with Crippen molar-refractivity contribution in [3.8, 4) is 0 Å². The summed E-state index contributed by atoms with van der Waals surface area (Å²) in [6.07, 6.45) is 0.127. The van der Waals surface area contributed by atoms with Crippen molar-refractivity contribution < 1.29 is 19.4 Å². The van der Waals surface area contributed by atoms with Crippen LogP contribution in [0.4, 0.5) is 4.79 Å². The van der Waals surface area contributed by atoms with Crippen LogP contribution in [-0.4, -0.2) is 77.3 Å². The molecule has 7 heteroatoms. The van der Waals surface area contributed by atoms with Gasteiger partial charge in [-0.15, -0.1) is 0 Å². The van der Waals surface area contributed by atoms with Crippen molar-refractivity contribution in [2.75, 3.05) is 38.2 Å². The SMILES string of the molecule is CC(C)OCCN(C)C(=O)N1CCSCC1C(=O)O. The molecule has 0 saturated carbocycles. The zero-order valence-corrected chi connectivity index (χ0v) is 12.5. The van der Waals surface area contributed by atoms with Crippen LogP contribution in [0.5, 0.6) is 0 Å². The fourth-order valence-electron chi connectivity index (χ4n) is 1.78. The molecule has 0 aromatic heterocycles. The molecule has 1 fully saturated rings. The summed E-state index contributed by atoms with van der Waals surface area (Å²) < 4.78 is 5.39. The number of ether oxygens (including phenoxy) is 1. The van der Waals surface area contributed by atoms with Gasteiger partial charge in [-0.1, -0.05) is 0 Å². The smallest absolute Gasteiger partial charge is 0.327 e. The molecule has 0 aliphatic carbocycles. The molecule has 1 aliphatic heterocycles. The second-order valence-corrected chi connectivity index (χ2v) is 5.90. The van der Waals surface area contributed by atoms with Crippen LogP contribution >= 0.6 is 11.8 Å². The number of carbonyl (C=O) groups excluding carboxylic acids is 1. The summed E-state index contributed by atoms with van der Waals surface area (Å²) in [5, 5.41) is 9.14. The molecule has 2 amide bonds. The average Bonchev–Trinajstić information content (AvgIpc) is 2.37. The number of amides is 2. The maximum atomic E-state index is 12.2. The summed E-state index contributed by atoms with van der Waals surface area (Å²) in [6, 6.07) is -0.959. The van der Waals surface area contributed by atoms with E-state index in [0.29, 0.717) is 25.4 Å². The summed E-state index contributed by atoms with van der Waals surface area (Å²) in [5.74, 6) is 0.302. The number of hydrogen-bond donors (Lipinski definition) is 1. The lowest BCUT2D eigenvalue weighted by Gasteiger charge is -2.35. The van der Waals surface area contributed by atoms with E-state index in [1.807, 2.05) is 13.8 Å². The Labute approximate surface area is 118 Å². The van der Waals surface area contributed by atoms with E-state index in [9.17, 15) is 9.59 Å². The van der Waals surface area contributed by atoms with Gasteiger partial charge in [-0.05, 0) is 13.8 Å². The number of rotatable bonds is 5. The molecule has 0 aromatic rings. The van der Waals surface area contributed by atoms with E-state index in [-0.39, 0.29) is 12.1 Å². The van der Waals surface area contributed by atoms with Crippen LogP contribution in [0.2, 0.25) is 0 Å². The van der Waals surface area contributed by atoms with Gasteiger partial charge in [-0.3, -0.25) is 0 Å². The Hall–Kier alpha value is -0.950. The third-order valence-corrected chi connectivity index (χ3v) is 3.89. The van der Waals surface area contributed by atoms with Crippen LogP contribution in [0.25, 0.3) is 0 Å². The van der Waals surface area contributed by atoms with E-state index in [0.717, 1.165) is 5.75 Å². The van der Waals surface area contributed by atoms with Gasteiger partial charge in [-0.25, -0.2) is 9.59 Å². The highest BCUT2D eigenvalue weighted by molar-refractivity contribution is 7.99. The van der Waals surface area contributed by atoms with E-state index >= 15 is 0 Å². The van der Waals surface area contributed by atoms with Crippen molar-refractivity contribution in [3.63, 3.8) is 0 Å². The molecule has 0 radical (unpaired) electrons. The van der Waals surface area contributed by atoms with Crippen molar-refractivity contribution in [3.05, 3.63) is 0 Å². The van der Waals surface area contributed by atoms with Crippen molar-refractivity contribution in [1.29, 1.82) is 0 Å². The van der Waals surface area contributed by atoms with Gasteiger partial charge in [0.25, 0.3) is 0 Å². The number of carboxylic acid groups (broad SMARTS) is 1. The van der Waals surface area contributed by atoms with E-state index in [4.69, 9.17) is 9.84 Å². The van der Waals surface area contributed by atoms with Crippen LogP contribution in [0.3, 0.4) is 0 Å². The van der Waals surface area contributed by atoms with Gasteiger partial charge < -0.3 is 19.6 Å². The Balaban J connectivity index is 2.51. The highest BCUT2D eigenvalue weighted by atomic mass is 32.2. The highest BCUT2D eigenvalue weighted by Crippen LogP contribution is 2.18. The molecule has 110 valence electrons. The first-order chi connectivity index (χ1) is 8.93. The van der Waals surface area contributed by atoms with Crippen LogP contribution < -0.4 is 0 Å². The summed E-state index contributed by atoms with van der Waals surface area (Å²) in [6.45, 7) is 5.28. The lowest BCUT2D eigenvalue weighted by molar-refractivity contribution is -0.141. The van der Waals surface area contributed by atoms with Gasteiger partial charge in [0.1, 0.15) is 6.04 Å². The second kappa shape index (κ2) is 7.59. The molecule has 1 aliphatic rings. The molecule has 1 heterocycles. The number of likely N-dealkylation sites (N-methyl/N-ethyl adjacent to an activating group) is 1. The molecule has 1 atom stereocenters. The largest absolute Gasteiger partial charge is 0.480 e. The minimum atomic E-state index is -0.938. The van der Waals surface area contributed by atoms with E-state index in [2.05, 4.69) is 0 Å². The molecule has 0 spiro atoms. The lowest BCUT2D eigenvalue weighted by atomic mass is 10.3. The Morgan fingerprint density at radius 2 is 2.21 bits per heavy atom. The first kappa shape index (κ1) is 16.1. The third-order valence-electron chi connectivity index (χ3n) is 2.86. The average molecular weight is 290 g/mol. The minimum absolute atomic E-state index is 0.127. The fourth-order valence-corrected chi connectivity index (χ4v) is 2.82. The molecular weight excluding hydrogens is 268 g/mol. The Bertz CT molecular complexity index is 325. The summed E-state index contributed by atoms with van der Waals surface area (Å²) >= 11 is 1.57. The molecule has 1 N–H and O–H groups in total. The standard InChI is InChI=1S/C12H22N2O4S/c1-9(2)18-6-4-13(3)12(17)14-5-7-19-8-10(14)11(15)16/h9-10H,4-8H2,1-3H3,(H,15,16). The Kier molecular flexibility index (Phi) is 6.44. The van der Waals surface area contributed by atoms with Crippen molar-refractivity contribution in [1.82, 2.24) is 9.80 Å². The van der Waals surface area contributed by atoms with Crippen LogP contribution in [0.15, 0.2) is 0 Å². The normalized spacial score (nSPS) is 19.6. The van der Waals surface area contributed by atoms with Gasteiger partial charge in [0.15, 0.2) is 0 Å². The molecule has 0 aromatic carbocycles. The van der Waals surface area contributed by atoms with E-state index in [1.54, 1.807) is 18.8 Å². The van der Waals surface area contributed by atoms with E-state index in [1.165, 1.54) is 9.80 Å². The molecule has 19 heavy (non-hydrogen) atoms. The number of urea groups is 1. The number of carboxylic acids is 1. The predicted molar refractivity (Wildman–Crippen MR) is 74.6 cm³/mol. The minimum Gasteiger partial charge on any atom is -0.480 e. The number of hydrogen-bond acceptors (Lipinski definition) is 4. The number of thioether (sulfide) groups is 1. The predicted octanol–water partition coefficient (Wildman–Crippen LogP) is 0.965.